The van der Waals surface area contributed by atoms with Crippen molar-refractivity contribution in [1.82, 2.24) is 0 Å². The second-order valence-electron chi connectivity index (χ2n) is 5.38. The lowest BCUT2D eigenvalue weighted by Crippen LogP contribution is -2.12. The van der Waals surface area contributed by atoms with Gasteiger partial charge in [-0.3, -0.25) is 15.1 Å². The molecule has 98 valence electrons. The van der Waals surface area contributed by atoms with Crippen LogP contribution in [-0.4, -0.2) is 17.2 Å². The van der Waals surface area contributed by atoms with Gasteiger partial charge in [-0.1, -0.05) is 20.8 Å². The first-order valence-electron chi connectivity index (χ1n) is 5.66. The van der Waals surface area contributed by atoms with Crippen LogP contribution in [0.25, 0.3) is 0 Å². The van der Waals surface area contributed by atoms with Crippen molar-refractivity contribution in [3.05, 3.63) is 39.7 Å². The molecule has 0 N–H and O–H groups in total. The highest BCUT2D eigenvalue weighted by atomic mass is 19.1. The third-order valence-electron chi connectivity index (χ3n) is 2.34. The highest BCUT2D eigenvalue weighted by Gasteiger charge is 2.14. The van der Waals surface area contributed by atoms with Crippen LogP contribution in [0.5, 0.6) is 0 Å². The highest BCUT2D eigenvalue weighted by Crippen LogP contribution is 2.19. The summed E-state index contributed by atoms with van der Waals surface area (Å²) in [6, 6.07) is 3.47. The number of benzene rings is 1. The molecule has 0 aromatic heterocycles. The summed E-state index contributed by atoms with van der Waals surface area (Å²) in [5, 5.41) is 10.6. The molecule has 4 nitrogen and oxygen atoms in total. The van der Waals surface area contributed by atoms with Gasteiger partial charge >= 0.3 is 0 Å². The Bertz CT molecular complexity index is 490. The van der Waals surface area contributed by atoms with Crippen molar-refractivity contribution in [2.75, 3.05) is 6.54 Å². The van der Waals surface area contributed by atoms with Gasteiger partial charge in [-0.15, -0.1) is 0 Å². The molecule has 0 radical (unpaired) electrons. The number of hydrogen-bond acceptors (Lipinski definition) is 3. The Morgan fingerprint density at radius 1 is 1.44 bits per heavy atom. The van der Waals surface area contributed by atoms with Gasteiger partial charge in [0.1, 0.15) is 5.82 Å². The molecule has 0 fully saturated rings. The van der Waals surface area contributed by atoms with E-state index in [2.05, 4.69) is 4.99 Å². The number of non-ortho nitro benzene ring substituents is 1. The minimum Gasteiger partial charge on any atom is -0.289 e. The SMILES string of the molecule is CC(=NCC(C)(C)C)c1cc([N+](=O)[O-])ccc1F. The van der Waals surface area contributed by atoms with E-state index in [0.29, 0.717) is 12.3 Å². The van der Waals surface area contributed by atoms with Gasteiger partial charge in [-0.05, 0) is 18.4 Å². The van der Waals surface area contributed by atoms with E-state index >= 15 is 0 Å². The van der Waals surface area contributed by atoms with E-state index in [1.807, 2.05) is 20.8 Å². The van der Waals surface area contributed by atoms with Crippen LogP contribution in [0.3, 0.4) is 0 Å². The molecule has 0 amide bonds. The van der Waals surface area contributed by atoms with Crippen LogP contribution in [0.4, 0.5) is 10.1 Å². The molecular weight excluding hydrogens is 235 g/mol. The summed E-state index contributed by atoms with van der Waals surface area (Å²) in [5.41, 5.74) is 0.537. The summed E-state index contributed by atoms with van der Waals surface area (Å²) in [7, 11) is 0. The second kappa shape index (κ2) is 5.25. The van der Waals surface area contributed by atoms with Crippen LogP contribution in [-0.2, 0) is 0 Å². The Morgan fingerprint density at radius 3 is 2.56 bits per heavy atom. The van der Waals surface area contributed by atoms with Crippen LogP contribution in [0.15, 0.2) is 23.2 Å². The lowest BCUT2D eigenvalue weighted by Gasteiger charge is -2.15. The Kier molecular flexibility index (Phi) is 4.16. The lowest BCUT2D eigenvalue weighted by molar-refractivity contribution is -0.384. The van der Waals surface area contributed by atoms with E-state index in [9.17, 15) is 14.5 Å². The van der Waals surface area contributed by atoms with Crippen LogP contribution >= 0.6 is 0 Å². The molecule has 0 saturated carbocycles. The lowest BCUT2D eigenvalue weighted by atomic mass is 9.97. The second-order valence-corrected chi connectivity index (χ2v) is 5.38. The first-order valence-corrected chi connectivity index (χ1v) is 5.66. The Labute approximate surface area is 106 Å². The Balaban J connectivity index is 3.08. The zero-order valence-corrected chi connectivity index (χ0v) is 11.0. The molecule has 0 heterocycles. The topological polar surface area (TPSA) is 55.5 Å². The molecule has 1 aromatic carbocycles. The zero-order valence-electron chi connectivity index (χ0n) is 11.0. The molecule has 0 atom stereocenters. The first kappa shape index (κ1) is 14.3. The minimum absolute atomic E-state index is 0.00154. The van der Waals surface area contributed by atoms with E-state index in [-0.39, 0.29) is 16.7 Å². The fraction of sp³-hybridized carbons (Fsp3) is 0.462. The Hall–Kier alpha value is -1.78. The molecule has 0 aliphatic rings. The largest absolute Gasteiger partial charge is 0.289 e. The maximum Gasteiger partial charge on any atom is 0.270 e. The quantitative estimate of drug-likeness (QED) is 0.469. The van der Waals surface area contributed by atoms with E-state index in [4.69, 9.17) is 0 Å². The van der Waals surface area contributed by atoms with Crippen molar-refractivity contribution in [1.29, 1.82) is 0 Å². The van der Waals surface area contributed by atoms with Crippen LogP contribution in [0.2, 0.25) is 0 Å². The summed E-state index contributed by atoms with van der Waals surface area (Å²) < 4.78 is 13.6. The fourth-order valence-electron chi connectivity index (χ4n) is 1.35. The Morgan fingerprint density at radius 2 is 2.06 bits per heavy atom. The predicted octanol–water partition coefficient (Wildman–Crippen LogP) is 3.59. The third-order valence-corrected chi connectivity index (χ3v) is 2.34. The number of halogens is 1. The molecule has 18 heavy (non-hydrogen) atoms. The van der Waals surface area contributed by atoms with Crippen molar-refractivity contribution in [2.24, 2.45) is 10.4 Å². The van der Waals surface area contributed by atoms with Crippen molar-refractivity contribution in [3.63, 3.8) is 0 Å². The third kappa shape index (κ3) is 3.91. The number of rotatable bonds is 3. The van der Waals surface area contributed by atoms with E-state index in [1.165, 1.54) is 6.07 Å². The van der Waals surface area contributed by atoms with Gasteiger partial charge in [0.05, 0.1) is 4.92 Å². The van der Waals surface area contributed by atoms with E-state index in [0.717, 1.165) is 12.1 Å². The average molecular weight is 252 g/mol. The standard InChI is InChI=1S/C13H17FN2O2/c1-9(15-8-13(2,3)4)11-7-10(16(17)18)5-6-12(11)14/h5-7H,8H2,1-4H3. The van der Waals surface area contributed by atoms with Gasteiger partial charge in [-0.25, -0.2) is 4.39 Å². The molecule has 0 bridgehead atoms. The summed E-state index contributed by atoms with van der Waals surface area (Å²) in [4.78, 5) is 14.4. The maximum absolute atomic E-state index is 13.6. The number of aliphatic imine (C=N–C) groups is 1. The summed E-state index contributed by atoms with van der Waals surface area (Å²) >= 11 is 0. The van der Waals surface area contributed by atoms with Gasteiger partial charge in [0.25, 0.3) is 5.69 Å². The van der Waals surface area contributed by atoms with Gasteiger partial charge in [-0.2, -0.15) is 0 Å². The van der Waals surface area contributed by atoms with E-state index < -0.39 is 10.7 Å². The van der Waals surface area contributed by atoms with Crippen molar-refractivity contribution in [3.8, 4) is 0 Å². The van der Waals surface area contributed by atoms with Gasteiger partial charge in [0.2, 0.25) is 0 Å². The molecular formula is C13H17FN2O2. The van der Waals surface area contributed by atoms with Gasteiger partial charge in [0, 0.05) is 30.0 Å². The molecule has 0 spiro atoms. The van der Waals surface area contributed by atoms with Crippen LogP contribution in [0.1, 0.15) is 33.3 Å². The first-order chi connectivity index (χ1) is 8.20. The molecule has 5 heteroatoms. The molecule has 0 aliphatic carbocycles. The number of hydrogen-bond donors (Lipinski definition) is 0. The monoisotopic (exact) mass is 252 g/mol. The number of nitrogens with zero attached hydrogens (tertiary/aromatic N) is 2. The molecule has 0 unspecified atom stereocenters. The van der Waals surface area contributed by atoms with Crippen molar-refractivity contribution >= 4 is 11.4 Å². The molecule has 0 aliphatic heterocycles. The average Bonchev–Trinajstić information content (AvgIpc) is 2.25. The number of nitro groups is 1. The van der Waals surface area contributed by atoms with Crippen LogP contribution < -0.4 is 0 Å². The summed E-state index contributed by atoms with van der Waals surface area (Å²) in [5.74, 6) is -0.490. The number of nitro benzene ring substituents is 1. The van der Waals surface area contributed by atoms with Gasteiger partial charge in [0.15, 0.2) is 0 Å². The molecule has 0 saturated heterocycles. The minimum atomic E-state index is -0.542. The van der Waals surface area contributed by atoms with Crippen molar-refractivity contribution in [2.45, 2.75) is 27.7 Å². The van der Waals surface area contributed by atoms with Crippen molar-refractivity contribution < 1.29 is 9.31 Å². The smallest absolute Gasteiger partial charge is 0.270 e. The molecule has 1 aromatic rings. The van der Waals surface area contributed by atoms with E-state index in [1.54, 1.807) is 6.92 Å². The van der Waals surface area contributed by atoms with Crippen LogP contribution in [0, 0.1) is 21.3 Å². The zero-order chi connectivity index (χ0) is 13.9. The summed E-state index contributed by atoms with van der Waals surface area (Å²) in [6.45, 7) is 8.27. The highest BCUT2D eigenvalue weighted by molar-refractivity contribution is 5.99. The summed E-state index contributed by atoms with van der Waals surface area (Å²) in [6.07, 6.45) is 0. The van der Waals surface area contributed by atoms with Gasteiger partial charge < -0.3 is 0 Å². The predicted molar refractivity (Wildman–Crippen MR) is 69.6 cm³/mol. The normalized spacial score (nSPS) is 12.6. The molecule has 1 rings (SSSR count). The maximum atomic E-state index is 13.6. The fourth-order valence-corrected chi connectivity index (χ4v) is 1.35.